The lowest BCUT2D eigenvalue weighted by Gasteiger charge is -2.37. The van der Waals surface area contributed by atoms with Gasteiger partial charge in [0.1, 0.15) is 0 Å². The van der Waals surface area contributed by atoms with Gasteiger partial charge in [0.2, 0.25) is 0 Å². The summed E-state index contributed by atoms with van der Waals surface area (Å²) in [5, 5.41) is 3.72. The second-order valence-electron chi connectivity index (χ2n) is 6.02. The number of nitrogens with one attached hydrogen (secondary N) is 1. The normalized spacial score (nSPS) is 30.3. The molecule has 0 bridgehead atoms. The van der Waals surface area contributed by atoms with Crippen molar-refractivity contribution in [2.75, 3.05) is 6.54 Å². The Bertz CT molecular complexity index is 333. The minimum Gasteiger partial charge on any atom is -0.472 e. The SMILES string of the molecule is CCCNC(c1ccoc1)C1CCC(C)C(C)C1. The topological polar surface area (TPSA) is 25.2 Å². The lowest BCUT2D eigenvalue weighted by atomic mass is 9.72. The van der Waals surface area contributed by atoms with Crippen molar-refractivity contribution in [1.82, 2.24) is 5.32 Å². The van der Waals surface area contributed by atoms with Gasteiger partial charge in [-0.05, 0) is 49.6 Å². The highest BCUT2D eigenvalue weighted by atomic mass is 16.3. The first-order valence-corrected chi connectivity index (χ1v) is 7.47. The molecule has 1 aliphatic carbocycles. The highest BCUT2D eigenvalue weighted by Crippen LogP contribution is 2.39. The van der Waals surface area contributed by atoms with Crippen LogP contribution in [0.25, 0.3) is 0 Å². The van der Waals surface area contributed by atoms with Crippen molar-refractivity contribution in [2.24, 2.45) is 17.8 Å². The molecule has 1 N–H and O–H groups in total. The molecule has 18 heavy (non-hydrogen) atoms. The van der Waals surface area contributed by atoms with Gasteiger partial charge in [0, 0.05) is 11.6 Å². The van der Waals surface area contributed by atoms with Gasteiger partial charge in [-0.15, -0.1) is 0 Å². The molecule has 1 aromatic heterocycles. The molecule has 2 heteroatoms. The zero-order valence-corrected chi connectivity index (χ0v) is 12.0. The Morgan fingerprint density at radius 1 is 1.33 bits per heavy atom. The van der Waals surface area contributed by atoms with Gasteiger partial charge in [0.15, 0.2) is 0 Å². The molecule has 1 aromatic rings. The first kappa shape index (κ1) is 13.7. The molecule has 0 radical (unpaired) electrons. The summed E-state index contributed by atoms with van der Waals surface area (Å²) in [6, 6.07) is 2.61. The summed E-state index contributed by atoms with van der Waals surface area (Å²) in [6.07, 6.45) is 8.95. The van der Waals surface area contributed by atoms with Gasteiger partial charge in [-0.1, -0.05) is 27.2 Å². The predicted octanol–water partition coefficient (Wildman–Crippen LogP) is 4.39. The zero-order valence-electron chi connectivity index (χ0n) is 12.0. The molecular formula is C16H27NO. The maximum Gasteiger partial charge on any atom is 0.0950 e. The van der Waals surface area contributed by atoms with Crippen LogP contribution < -0.4 is 5.32 Å². The number of hydrogen-bond acceptors (Lipinski definition) is 2. The van der Waals surface area contributed by atoms with Crippen molar-refractivity contribution in [3.63, 3.8) is 0 Å². The first-order chi connectivity index (χ1) is 8.72. The molecule has 0 amide bonds. The lowest BCUT2D eigenvalue weighted by Crippen LogP contribution is -2.33. The van der Waals surface area contributed by atoms with Crippen LogP contribution in [-0.4, -0.2) is 6.54 Å². The van der Waals surface area contributed by atoms with Crippen LogP contribution in [0.4, 0.5) is 0 Å². The van der Waals surface area contributed by atoms with Crippen LogP contribution in [0.3, 0.4) is 0 Å². The van der Waals surface area contributed by atoms with Gasteiger partial charge in [0.05, 0.1) is 12.5 Å². The van der Waals surface area contributed by atoms with Crippen molar-refractivity contribution in [3.8, 4) is 0 Å². The summed E-state index contributed by atoms with van der Waals surface area (Å²) in [6.45, 7) is 8.12. The predicted molar refractivity (Wildman–Crippen MR) is 75.4 cm³/mol. The summed E-state index contributed by atoms with van der Waals surface area (Å²) in [7, 11) is 0. The molecule has 4 atom stereocenters. The molecule has 102 valence electrons. The largest absolute Gasteiger partial charge is 0.472 e. The fraction of sp³-hybridized carbons (Fsp3) is 0.750. The molecule has 0 aromatic carbocycles. The zero-order chi connectivity index (χ0) is 13.0. The Kier molecular flexibility index (Phi) is 4.87. The Morgan fingerprint density at radius 3 is 2.78 bits per heavy atom. The van der Waals surface area contributed by atoms with E-state index >= 15 is 0 Å². The van der Waals surface area contributed by atoms with Crippen LogP contribution in [0.2, 0.25) is 0 Å². The molecule has 1 saturated carbocycles. The second kappa shape index (κ2) is 6.42. The first-order valence-electron chi connectivity index (χ1n) is 7.47. The number of hydrogen-bond donors (Lipinski definition) is 1. The van der Waals surface area contributed by atoms with E-state index in [1.54, 1.807) is 6.26 Å². The highest BCUT2D eigenvalue weighted by Gasteiger charge is 2.31. The minimum absolute atomic E-state index is 0.485. The summed E-state index contributed by atoms with van der Waals surface area (Å²) in [5.74, 6) is 2.50. The maximum absolute atomic E-state index is 5.27. The summed E-state index contributed by atoms with van der Waals surface area (Å²) >= 11 is 0. The molecule has 1 heterocycles. The van der Waals surface area contributed by atoms with Crippen molar-refractivity contribution >= 4 is 0 Å². The van der Waals surface area contributed by atoms with E-state index in [2.05, 4.69) is 32.2 Å². The molecular weight excluding hydrogens is 222 g/mol. The van der Waals surface area contributed by atoms with E-state index in [-0.39, 0.29) is 0 Å². The van der Waals surface area contributed by atoms with Crippen LogP contribution in [0.15, 0.2) is 23.0 Å². The van der Waals surface area contributed by atoms with Gasteiger partial charge < -0.3 is 9.73 Å². The highest BCUT2D eigenvalue weighted by molar-refractivity contribution is 5.13. The standard InChI is InChI=1S/C16H27NO/c1-4-8-17-16(15-7-9-18-11-15)14-6-5-12(2)13(3)10-14/h7,9,11-14,16-17H,4-6,8,10H2,1-3H3. The third kappa shape index (κ3) is 3.17. The van der Waals surface area contributed by atoms with Crippen LogP contribution in [0, 0.1) is 17.8 Å². The second-order valence-corrected chi connectivity index (χ2v) is 6.02. The van der Waals surface area contributed by atoms with Gasteiger partial charge in [-0.25, -0.2) is 0 Å². The summed E-state index contributed by atoms with van der Waals surface area (Å²) in [4.78, 5) is 0. The fourth-order valence-corrected chi connectivity index (χ4v) is 3.20. The molecule has 0 spiro atoms. The fourth-order valence-electron chi connectivity index (χ4n) is 3.20. The Balaban J connectivity index is 2.04. The van der Waals surface area contributed by atoms with E-state index in [1.807, 2.05) is 6.26 Å². The van der Waals surface area contributed by atoms with Crippen LogP contribution in [0.1, 0.15) is 58.1 Å². The molecule has 0 aliphatic heterocycles. The third-order valence-corrected chi connectivity index (χ3v) is 4.63. The van der Waals surface area contributed by atoms with E-state index < -0.39 is 0 Å². The van der Waals surface area contributed by atoms with Gasteiger partial charge in [0.25, 0.3) is 0 Å². The maximum atomic E-state index is 5.27. The molecule has 1 aliphatic rings. The minimum atomic E-state index is 0.485. The average molecular weight is 249 g/mol. The number of rotatable bonds is 5. The van der Waals surface area contributed by atoms with Crippen LogP contribution >= 0.6 is 0 Å². The quantitative estimate of drug-likeness (QED) is 0.837. The van der Waals surface area contributed by atoms with Gasteiger partial charge >= 0.3 is 0 Å². The molecule has 1 fully saturated rings. The Morgan fingerprint density at radius 2 is 2.17 bits per heavy atom. The van der Waals surface area contributed by atoms with Gasteiger partial charge in [-0.2, -0.15) is 0 Å². The van der Waals surface area contributed by atoms with E-state index in [9.17, 15) is 0 Å². The average Bonchev–Trinajstić information content (AvgIpc) is 2.88. The van der Waals surface area contributed by atoms with Crippen molar-refractivity contribution in [2.45, 2.75) is 52.5 Å². The smallest absolute Gasteiger partial charge is 0.0950 e. The van der Waals surface area contributed by atoms with Gasteiger partial charge in [-0.3, -0.25) is 0 Å². The molecule has 0 saturated heterocycles. The Hall–Kier alpha value is -0.760. The van der Waals surface area contributed by atoms with Crippen LogP contribution in [-0.2, 0) is 0 Å². The molecule has 4 unspecified atom stereocenters. The molecule has 2 rings (SSSR count). The molecule has 2 nitrogen and oxygen atoms in total. The van der Waals surface area contributed by atoms with E-state index in [0.29, 0.717) is 6.04 Å². The Labute approximate surface area is 111 Å². The van der Waals surface area contributed by atoms with Crippen molar-refractivity contribution < 1.29 is 4.42 Å². The lowest BCUT2D eigenvalue weighted by molar-refractivity contribution is 0.171. The summed E-state index contributed by atoms with van der Waals surface area (Å²) in [5.41, 5.74) is 1.33. The third-order valence-electron chi connectivity index (χ3n) is 4.63. The summed E-state index contributed by atoms with van der Waals surface area (Å²) < 4.78 is 5.27. The van der Waals surface area contributed by atoms with E-state index in [0.717, 1.165) is 24.3 Å². The monoisotopic (exact) mass is 249 g/mol. The van der Waals surface area contributed by atoms with E-state index in [4.69, 9.17) is 4.42 Å². The number of furan rings is 1. The van der Waals surface area contributed by atoms with Crippen LogP contribution in [0.5, 0.6) is 0 Å². The van der Waals surface area contributed by atoms with Crippen molar-refractivity contribution in [3.05, 3.63) is 24.2 Å². The van der Waals surface area contributed by atoms with Crippen molar-refractivity contribution in [1.29, 1.82) is 0 Å². The van der Waals surface area contributed by atoms with E-state index in [1.165, 1.54) is 31.2 Å².